The number of benzene rings is 1. The number of carbonyl (C=O) groups excluding carboxylic acids is 1. The van der Waals surface area contributed by atoms with E-state index in [1.807, 2.05) is 0 Å². The van der Waals surface area contributed by atoms with Gasteiger partial charge >= 0.3 is 5.97 Å². The third kappa shape index (κ3) is 3.78. The highest BCUT2D eigenvalue weighted by atomic mass is 16.6. The van der Waals surface area contributed by atoms with E-state index in [1.165, 1.54) is 12.1 Å². The molecular weight excluding hydrogens is 326 g/mol. The highest BCUT2D eigenvalue weighted by Crippen LogP contribution is 2.26. The SMILES string of the molecule is CCC(CC)(CNC(=O)Cc1c[nH]c2ccc([N+](=O)[O-])cc12)C(=O)O. The van der Waals surface area contributed by atoms with Crippen LogP contribution in [0.25, 0.3) is 10.9 Å². The molecule has 3 N–H and O–H groups in total. The van der Waals surface area contributed by atoms with E-state index >= 15 is 0 Å². The van der Waals surface area contributed by atoms with Gasteiger partial charge in [-0.15, -0.1) is 0 Å². The number of aromatic nitrogens is 1. The van der Waals surface area contributed by atoms with Crippen LogP contribution in [0.1, 0.15) is 32.3 Å². The molecule has 1 aromatic heterocycles. The third-order valence-electron chi connectivity index (χ3n) is 4.74. The second kappa shape index (κ2) is 7.33. The number of carbonyl (C=O) groups is 2. The number of hydrogen-bond acceptors (Lipinski definition) is 4. The van der Waals surface area contributed by atoms with Crippen LogP contribution in [0.2, 0.25) is 0 Å². The van der Waals surface area contributed by atoms with Gasteiger partial charge in [0.15, 0.2) is 0 Å². The monoisotopic (exact) mass is 347 g/mol. The first-order chi connectivity index (χ1) is 11.8. The topological polar surface area (TPSA) is 125 Å². The number of aliphatic carboxylic acids is 1. The summed E-state index contributed by atoms with van der Waals surface area (Å²) in [6, 6.07) is 4.42. The maximum atomic E-state index is 12.2. The van der Waals surface area contributed by atoms with Crippen LogP contribution in [0, 0.1) is 15.5 Å². The van der Waals surface area contributed by atoms with Crippen LogP contribution in [0.3, 0.4) is 0 Å². The van der Waals surface area contributed by atoms with Gasteiger partial charge < -0.3 is 15.4 Å². The minimum atomic E-state index is -0.978. The molecule has 0 spiro atoms. The van der Waals surface area contributed by atoms with Gasteiger partial charge in [-0.25, -0.2) is 0 Å². The highest BCUT2D eigenvalue weighted by molar-refractivity contribution is 5.90. The van der Waals surface area contributed by atoms with Crippen LogP contribution in [0.5, 0.6) is 0 Å². The molecule has 0 fully saturated rings. The number of carboxylic acids is 1. The van der Waals surface area contributed by atoms with E-state index in [9.17, 15) is 24.8 Å². The standard InChI is InChI=1S/C17H21N3O5/c1-3-17(4-2,16(22)23)10-19-15(21)7-11-9-18-14-6-5-12(20(24)25)8-13(11)14/h5-6,8-9,18H,3-4,7,10H2,1-2H3,(H,19,21)(H,22,23). The van der Waals surface area contributed by atoms with Crippen LogP contribution in [0.4, 0.5) is 5.69 Å². The van der Waals surface area contributed by atoms with Gasteiger partial charge in [0.2, 0.25) is 5.91 Å². The van der Waals surface area contributed by atoms with Crippen LogP contribution in [-0.2, 0) is 16.0 Å². The second-order valence-corrected chi connectivity index (χ2v) is 6.05. The zero-order valence-electron chi connectivity index (χ0n) is 14.2. The Bertz CT molecular complexity index is 808. The minimum Gasteiger partial charge on any atom is -0.481 e. The number of aromatic amines is 1. The van der Waals surface area contributed by atoms with Crippen molar-refractivity contribution in [3.8, 4) is 0 Å². The predicted molar refractivity (Wildman–Crippen MR) is 92.3 cm³/mol. The van der Waals surface area contributed by atoms with Crippen molar-refractivity contribution in [1.29, 1.82) is 0 Å². The average Bonchev–Trinajstić information content (AvgIpc) is 2.98. The van der Waals surface area contributed by atoms with Crippen LogP contribution in [-0.4, -0.2) is 33.4 Å². The molecule has 0 saturated carbocycles. The molecule has 8 heteroatoms. The van der Waals surface area contributed by atoms with Crippen molar-refractivity contribution in [2.75, 3.05) is 6.54 Å². The number of nitrogens with one attached hydrogen (secondary N) is 2. The Labute approximate surface area is 144 Å². The molecule has 0 bridgehead atoms. The van der Waals surface area contributed by atoms with E-state index in [2.05, 4.69) is 10.3 Å². The molecule has 0 aliphatic heterocycles. The van der Waals surface area contributed by atoms with Gasteiger partial charge in [-0.2, -0.15) is 0 Å². The first-order valence-corrected chi connectivity index (χ1v) is 8.07. The summed E-state index contributed by atoms with van der Waals surface area (Å²) in [4.78, 5) is 37.1. The van der Waals surface area contributed by atoms with E-state index < -0.39 is 16.3 Å². The smallest absolute Gasteiger partial charge is 0.311 e. The summed E-state index contributed by atoms with van der Waals surface area (Å²) in [5.41, 5.74) is 0.311. The zero-order chi connectivity index (χ0) is 18.6. The Morgan fingerprint density at radius 1 is 1.32 bits per heavy atom. The van der Waals surface area contributed by atoms with Gasteiger partial charge in [0, 0.05) is 35.8 Å². The van der Waals surface area contributed by atoms with E-state index in [0.717, 1.165) is 0 Å². The van der Waals surface area contributed by atoms with Gasteiger partial charge in [0.25, 0.3) is 5.69 Å². The van der Waals surface area contributed by atoms with Crippen LogP contribution >= 0.6 is 0 Å². The largest absolute Gasteiger partial charge is 0.481 e. The van der Waals surface area contributed by atoms with Crippen molar-refractivity contribution in [1.82, 2.24) is 10.3 Å². The molecule has 0 atom stereocenters. The van der Waals surface area contributed by atoms with E-state index in [0.29, 0.717) is 29.3 Å². The summed E-state index contributed by atoms with van der Waals surface area (Å²) in [6.45, 7) is 3.61. The lowest BCUT2D eigenvalue weighted by molar-refractivity contribution is -0.384. The fourth-order valence-corrected chi connectivity index (χ4v) is 2.81. The third-order valence-corrected chi connectivity index (χ3v) is 4.74. The quantitative estimate of drug-likeness (QED) is 0.500. The molecule has 0 radical (unpaired) electrons. The molecule has 0 aliphatic carbocycles. The normalized spacial score (nSPS) is 11.4. The molecule has 1 amide bonds. The Kier molecular flexibility index (Phi) is 5.41. The van der Waals surface area contributed by atoms with E-state index in [4.69, 9.17) is 0 Å². The summed E-state index contributed by atoms with van der Waals surface area (Å²) in [5, 5.41) is 23.6. The number of nitrogens with zero attached hydrogens (tertiary/aromatic N) is 1. The number of nitro groups is 1. The Morgan fingerprint density at radius 3 is 2.56 bits per heavy atom. The number of non-ortho nitro benzene ring substituents is 1. The number of amides is 1. The average molecular weight is 347 g/mol. The first-order valence-electron chi connectivity index (χ1n) is 8.07. The molecule has 8 nitrogen and oxygen atoms in total. The van der Waals surface area contributed by atoms with Crippen molar-refractivity contribution in [3.63, 3.8) is 0 Å². The van der Waals surface area contributed by atoms with Crippen molar-refractivity contribution in [2.24, 2.45) is 5.41 Å². The lowest BCUT2D eigenvalue weighted by atomic mass is 9.82. The van der Waals surface area contributed by atoms with Crippen molar-refractivity contribution in [3.05, 3.63) is 40.1 Å². The molecule has 2 rings (SSSR count). The molecule has 0 aliphatic rings. The lowest BCUT2D eigenvalue weighted by Gasteiger charge is -2.26. The molecule has 1 aromatic carbocycles. The molecule has 0 saturated heterocycles. The van der Waals surface area contributed by atoms with Gasteiger partial charge in [-0.3, -0.25) is 19.7 Å². The summed E-state index contributed by atoms with van der Waals surface area (Å²) in [5.74, 6) is -1.25. The van der Waals surface area contributed by atoms with Gasteiger partial charge in [-0.05, 0) is 24.5 Å². The minimum absolute atomic E-state index is 0.0182. The molecular formula is C17H21N3O5. The van der Waals surface area contributed by atoms with Crippen LogP contribution in [0.15, 0.2) is 24.4 Å². The predicted octanol–water partition coefficient (Wildman–Crippen LogP) is 2.63. The van der Waals surface area contributed by atoms with Crippen molar-refractivity contribution in [2.45, 2.75) is 33.1 Å². The summed E-state index contributed by atoms with van der Waals surface area (Å²) < 4.78 is 0. The summed E-state index contributed by atoms with van der Waals surface area (Å²) in [6.07, 6.45) is 2.49. The fraction of sp³-hybridized carbons (Fsp3) is 0.412. The number of nitro benzene ring substituents is 1. The number of fused-ring (bicyclic) bond motifs is 1. The van der Waals surface area contributed by atoms with Gasteiger partial charge in [0.1, 0.15) is 0 Å². The maximum absolute atomic E-state index is 12.2. The highest BCUT2D eigenvalue weighted by Gasteiger charge is 2.35. The zero-order valence-corrected chi connectivity index (χ0v) is 14.2. The summed E-state index contributed by atoms with van der Waals surface area (Å²) in [7, 11) is 0. The first kappa shape index (κ1) is 18.4. The molecule has 134 valence electrons. The number of hydrogen-bond donors (Lipinski definition) is 3. The Hall–Kier alpha value is -2.90. The summed E-state index contributed by atoms with van der Waals surface area (Å²) >= 11 is 0. The molecule has 25 heavy (non-hydrogen) atoms. The second-order valence-electron chi connectivity index (χ2n) is 6.05. The Balaban J connectivity index is 2.13. The van der Waals surface area contributed by atoms with E-state index in [-0.39, 0.29) is 24.6 Å². The number of rotatable bonds is 8. The lowest BCUT2D eigenvalue weighted by Crippen LogP contribution is -2.42. The van der Waals surface area contributed by atoms with Crippen molar-refractivity contribution >= 4 is 28.5 Å². The number of carboxylic acid groups (broad SMARTS) is 1. The number of H-pyrrole nitrogens is 1. The van der Waals surface area contributed by atoms with Gasteiger partial charge in [-0.1, -0.05) is 13.8 Å². The molecule has 0 unspecified atom stereocenters. The molecule has 2 aromatic rings. The van der Waals surface area contributed by atoms with E-state index in [1.54, 1.807) is 26.1 Å². The molecule has 1 heterocycles. The van der Waals surface area contributed by atoms with Crippen molar-refractivity contribution < 1.29 is 19.6 Å². The van der Waals surface area contributed by atoms with Gasteiger partial charge in [0.05, 0.1) is 16.8 Å². The fourth-order valence-electron chi connectivity index (χ4n) is 2.81. The maximum Gasteiger partial charge on any atom is 0.311 e. The van der Waals surface area contributed by atoms with Crippen LogP contribution < -0.4 is 5.32 Å². The Morgan fingerprint density at radius 2 is 2.00 bits per heavy atom.